The Bertz CT molecular complexity index is 991. The third-order valence-corrected chi connectivity index (χ3v) is 4.39. The van der Waals surface area contributed by atoms with Gasteiger partial charge in [0.2, 0.25) is 0 Å². The number of rotatable bonds is 4. The number of hydrogen-bond donors (Lipinski definition) is 2. The molecule has 0 aliphatic carbocycles. The maximum absolute atomic E-state index is 13.0. The summed E-state index contributed by atoms with van der Waals surface area (Å²) < 4.78 is 117. The van der Waals surface area contributed by atoms with E-state index in [0.717, 1.165) is 13.0 Å². The Morgan fingerprint density at radius 3 is 1.56 bits per heavy atom. The molecule has 1 aromatic heterocycles. The number of aliphatic hydroxyl groups excluding tert-OH is 2. The molecule has 3 atom stereocenters. The summed E-state index contributed by atoms with van der Waals surface area (Å²) in [7, 11) is 0. The lowest BCUT2D eigenvalue weighted by atomic mass is 9.87. The summed E-state index contributed by atoms with van der Waals surface area (Å²) in [6.07, 6.45) is -20.0. The summed E-state index contributed by atoms with van der Waals surface area (Å²) in [6, 6.07) is 2.75. The van der Waals surface area contributed by atoms with Crippen LogP contribution in [0.5, 0.6) is 0 Å². The van der Waals surface area contributed by atoms with Gasteiger partial charge in [0.25, 0.3) is 0 Å². The second-order valence-electron chi connectivity index (χ2n) is 6.81. The molecule has 0 saturated heterocycles. The molecule has 32 heavy (non-hydrogen) atoms. The molecule has 2 aromatic rings. The van der Waals surface area contributed by atoms with Gasteiger partial charge in [0, 0.05) is 5.69 Å². The van der Waals surface area contributed by atoms with Gasteiger partial charge in [-0.25, -0.2) is 4.98 Å². The zero-order valence-electron chi connectivity index (χ0n) is 15.8. The highest BCUT2D eigenvalue weighted by Crippen LogP contribution is 2.40. The van der Waals surface area contributed by atoms with Gasteiger partial charge in [-0.15, -0.1) is 0 Å². The monoisotopic (exact) mass is 472 g/mol. The molecule has 0 spiro atoms. The fraction of sp³-hybridized carbons (Fsp3) is 0.368. The molecule has 4 nitrogen and oxygen atoms in total. The first-order valence-electron chi connectivity index (χ1n) is 8.56. The van der Waals surface area contributed by atoms with E-state index in [0.29, 0.717) is 6.07 Å². The summed E-state index contributed by atoms with van der Waals surface area (Å²) in [5.74, 6) is -2.11. The highest BCUT2D eigenvalue weighted by Gasteiger charge is 2.40. The maximum Gasteiger partial charge on any atom is 0.433 e. The van der Waals surface area contributed by atoms with E-state index in [2.05, 4.69) is 4.98 Å². The number of aromatic nitrogens is 1. The van der Waals surface area contributed by atoms with Gasteiger partial charge >= 0.3 is 18.5 Å². The highest BCUT2D eigenvalue weighted by atomic mass is 19.4. The largest absolute Gasteiger partial charge is 0.433 e. The van der Waals surface area contributed by atoms with Gasteiger partial charge in [-0.05, 0) is 48.4 Å². The Labute approximate surface area is 174 Å². The highest BCUT2D eigenvalue weighted by molar-refractivity contribution is 5.36. The predicted octanol–water partition coefficient (Wildman–Crippen LogP) is 5.35. The van der Waals surface area contributed by atoms with Crippen molar-refractivity contribution in [2.75, 3.05) is 0 Å². The van der Waals surface area contributed by atoms with Gasteiger partial charge in [0.15, 0.2) is 0 Å². The summed E-state index contributed by atoms with van der Waals surface area (Å²) in [5.41, 5.74) is -6.79. The van der Waals surface area contributed by atoms with Crippen molar-refractivity contribution < 1.29 is 49.7 Å². The van der Waals surface area contributed by atoms with E-state index in [1.54, 1.807) is 0 Å². The fourth-order valence-corrected chi connectivity index (χ4v) is 2.89. The molecule has 2 rings (SSSR count). The first-order valence-corrected chi connectivity index (χ1v) is 8.56. The maximum atomic E-state index is 13.0. The van der Waals surface area contributed by atoms with E-state index in [1.165, 1.54) is 6.07 Å². The van der Waals surface area contributed by atoms with Crippen molar-refractivity contribution in [3.63, 3.8) is 0 Å². The van der Waals surface area contributed by atoms with Crippen molar-refractivity contribution in [2.24, 2.45) is 5.92 Å². The van der Waals surface area contributed by atoms with Gasteiger partial charge in [-0.3, -0.25) is 0 Å². The molecule has 0 aliphatic heterocycles. The first-order chi connectivity index (χ1) is 14.4. The molecule has 0 aliphatic rings. The Kier molecular flexibility index (Phi) is 6.82. The molecule has 0 fully saturated rings. The van der Waals surface area contributed by atoms with Crippen LogP contribution in [-0.2, 0) is 18.5 Å². The number of alkyl halides is 9. The Morgan fingerprint density at radius 2 is 1.19 bits per heavy atom. The lowest BCUT2D eigenvalue weighted by Crippen LogP contribution is -2.22. The molecule has 3 unspecified atom stereocenters. The van der Waals surface area contributed by atoms with Gasteiger partial charge in [0.05, 0.1) is 29.4 Å². The van der Waals surface area contributed by atoms with Crippen molar-refractivity contribution in [2.45, 2.75) is 37.7 Å². The Hall–Kier alpha value is -2.85. The van der Waals surface area contributed by atoms with Crippen LogP contribution in [-0.4, -0.2) is 15.2 Å². The van der Waals surface area contributed by atoms with Crippen molar-refractivity contribution >= 4 is 0 Å². The number of hydrogen-bond acceptors (Lipinski definition) is 4. The van der Waals surface area contributed by atoms with Crippen LogP contribution in [0.25, 0.3) is 0 Å². The Balaban J connectivity index is 2.55. The van der Waals surface area contributed by atoms with Gasteiger partial charge in [-0.2, -0.15) is 44.8 Å². The van der Waals surface area contributed by atoms with Crippen molar-refractivity contribution in [1.29, 1.82) is 5.26 Å². The lowest BCUT2D eigenvalue weighted by Gasteiger charge is -2.24. The third-order valence-electron chi connectivity index (χ3n) is 4.39. The van der Waals surface area contributed by atoms with E-state index in [9.17, 15) is 55.0 Å². The standard InChI is InChI=1S/C19H13F9N2O2/c1-8-2-9(5-14(30-8)19(26,27)28)15(31)13(7-29)16(32)10-3-11(17(20,21)22)6-12(4-10)18(23,24)25/h2-6,13,15-16,31-32H,1H3. The Morgan fingerprint density at radius 1 is 0.750 bits per heavy atom. The second kappa shape index (κ2) is 8.59. The van der Waals surface area contributed by atoms with Crippen LogP contribution in [0.2, 0.25) is 0 Å². The molecule has 2 N–H and O–H groups in total. The van der Waals surface area contributed by atoms with Crippen molar-refractivity contribution in [3.8, 4) is 6.07 Å². The molecule has 1 aromatic carbocycles. The van der Waals surface area contributed by atoms with Crippen LogP contribution in [0.1, 0.15) is 45.8 Å². The average molecular weight is 472 g/mol. The number of aryl methyl sites for hydroxylation is 1. The van der Waals surface area contributed by atoms with Gasteiger partial charge in [-0.1, -0.05) is 0 Å². The zero-order chi connectivity index (χ0) is 24.6. The minimum absolute atomic E-state index is 0.163. The molecule has 0 saturated carbocycles. The fourth-order valence-electron chi connectivity index (χ4n) is 2.89. The summed E-state index contributed by atoms with van der Waals surface area (Å²) in [6.45, 7) is 1.13. The van der Waals surface area contributed by atoms with Crippen LogP contribution in [0.4, 0.5) is 39.5 Å². The molecular formula is C19H13F9N2O2. The number of pyridine rings is 1. The van der Waals surface area contributed by atoms with Crippen molar-refractivity contribution in [1.82, 2.24) is 4.98 Å². The first kappa shape index (κ1) is 25.4. The van der Waals surface area contributed by atoms with Crippen LogP contribution in [0.15, 0.2) is 30.3 Å². The molecule has 174 valence electrons. The predicted molar refractivity (Wildman–Crippen MR) is 89.4 cm³/mol. The number of nitrogens with zero attached hydrogens (tertiary/aromatic N) is 2. The second-order valence-corrected chi connectivity index (χ2v) is 6.81. The van der Waals surface area contributed by atoms with Crippen LogP contribution in [0, 0.1) is 24.2 Å². The molecular weight excluding hydrogens is 459 g/mol. The van der Waals surface area contributed by atoms with Gasteiger partial charge < -0.3 is 10.2 Å². The van der Waals surface area contributed by atoms with Gasteiger partial charge in [0.1, 0.15) is 11.6 Å². The summed E-state index contributed by atoms with van der Waals surface area (Å²) in [5, 5.41) is 30.0. The smallest absolute Gasteiger partial charge is 0.387 e. The van der Waals surface area contributed by atoms with E-state index >= 15 is 0 Å². The molecule has 13 heteroatoms. The van der Waals surface area contributed by atoms with E-state index in [1.807, 2.05) is 0 Å². The topological polar surface area (TPSA) is 77.1 Å². The lowest BCUT2D eigenvalue weighted by molar-refractivity contribution is -0.143. The van der Waals surface area contributed by atoms with E-state index in [-0.39, 0.29) is 23.9 Å². The van der Waals surface area contributed by atoms with E-state index in [4.69, 9.17) is 0 Å². The zero-order valence-corrected chi connectivity index (χ0v) is 15.8. The number of halogens is 9. The molecule has 0 amide bonds. The summed E-state index contributed by atoms with van der Waals surface area (Å²) >= 11 is 0. The van der Waals surface area contributed by atoms with Crippen LogP contribution >= 0.6 is 0 Å². The summed E-state index contributed by atoms with van der Waals surface area (Å²) in [4.78, 5) is 3.22. The minimum atomic E-state index is -5.24. The minimum Gasteiger partial charge on any atom is -0.387 e. The molecule has 1 heterocycles. The quantitative estimate of drug-likeness (QED) is 0.588. The number of nitriles is 1. The third kappa shape index (κ3) is 5.68. The molecule has 0 bridgehead atoms. The number of aliphatic hydroxyl groups is 2. The SMILES string of the molecule is Cc1cc(C(O)C(C#N)C(O)c2cc(C(F)(F)F)cc(C(F)(F)F)c2)cc(C(F)(F)F)n1. The van der Waals surface area contributed by atoms with Crippen LogP contribution < -0.4 is 0 Å². The van der Waals surface area contributed by atoms with Crippen LogP contribution in [0.3, 0.4) is 0 Å². The normalized spacial score (nSPS) is 15.7. The average Bonchev–Trinajstić information content (AvgIpc) is 2.65. The molecule has 0 radical (unpaired) electrons. The number of benzene rings is 1. The van der Waals surface area contributed by atoms with E-state index < -0.39 is 64.6 Å². The van der Waals surface area contributed by atoms with Crippen molar-refractivity contribution in [3.05, 3.63) is 64.0 Å².